The Bertz CT molecular complexity index is 2820. The highest BCUT2D eigenvalue weighted by Gasteiger charge is 2.20. The summed E-state index contributed by atoms with van der Waals surface area (Å²) >= 11 is 0. The summed E-state index contributed by atoms with van der Waals surface area (Å²) in [5.41, 5.74) is 9.57. The predicted octanol–water partition coefficient (Wildman–Crippen LogP) is 12.8. The van der Waals surface area contributed by atoms with Gasteiger partial charge in [-0.3, -0.25) is 0 Å². The minimum Gasteiger partial charge on any atom is -0.456 e. The zero-order valence-electron chi connectivity index (χ0n) is 26.4. The number of furan rings is 1. The van der Waals surface area contributed by atoms with Crippen molar-refractivity contribution < 1.29 is 8.83 Å². The van der Waals surface area contributed by atoms with Crippen molar-refractivity contribution >= 4 is 71.6 Å². The zero-order chi connectivity index (χ0) is 32.3. The molecule has 0 unspecified atom stereocenters. The van der Waals surface area contributed by atoms with Gasteiger partial charge in [0, 0.05) is 28.0 Å². The van der Waals surface area contributed by atoms with E-state index in [1.165, 1.54) is 32.7 Å². The molecule has 0 aliphatic carbocycles. The maximum absolute atomic E-state index is 6.38. The van der Waals surface area contributed by atoms with Crippen LogP contribution < -0.4 is 4.90 Å². The molecule has 0 N–H and O–H groups in total. The lowest BCUT2D eigenvalue weighted by atomic mass is 10.0. The third kappa shape index (κ3) is 4.57. The molecule has 4 heteroatoms. The first kappa shape index (κ1) is 27.5. The fourth-order valence-electron chi connectivity index (χ4n) is 7.11. The molecule has 0 fully saturated rings. The number of benzene rings is 8. The van der Waals surface area contributed by atoms with Crippen LogP contribution in [-0.4, -0.2) is 4.98 Å². The lowest BCUT2D eigenvalue weighted by Crippen LogP contribution is -2.09. The van der Waals surface area contributed by atoms with Gasteiger partial charge < -0.3 is 13.7 Å². The Morgan fingerprint density at radius 3 is 1.84 bits per heavy atom. The van der Waals surface area contributed by atoms with Crippen LogP contribution in [0.5, 0.6) is 0 Å². The van der Waals surface area contributed by atoms with Crippen LogP contribution in [0.2, 0.25) is 0 Å². The second-order valence-corrected chi connectivity index (χ2v) is 12.4. The second kappa shape index (κ2) is 11.0. The van der Waals surface area contributed by atoms with Crippen LogP contribution in [0.15, 0.2) is 179 Å². The fourth-order valence-corrected chi connectivity index (χ4v) is 7.11. The molecule has 0 saturated heterocycles. The predicted molar refractivity (Wildman–Crippen MR) is 202 cm³/mol. The monoisotopic (exact) mass is 628 g/mol. The van der Waals surface area contributed by atoms with Crippen molar-refractivity contribution in [3.8, 4) is 22.6 Å². The van der Waals surface area contributed by atoms with Crippen LogP contribution >= 0.6 is 0 Å². The molecule has 0 amide bonds. The third-order valence-electron chi connectivity index (χ3n) is 9.47. The molecule has 0 atom stereocenters. The summed E-state index contributed by atoms with van der Waals surface area (Å²) in [5.74, 6) is 0.595. The number of oxazole rings is 1. The Kier molecular flexibility index (Phi) is 6.15. The minimum atomic E-state index is 0.595. The van der Waals surface area contributed by atoms with Gasteiger partial charge in [-0.1, -0.05) is 103 Å². The Hall–Kier alpha value is -6.65. The average molecular weight is 629 g/mol. The van der Waals surface area contributed by atoms with E-state index in [2.05, 4.69) is 126 Å². The van der Waals surface area contributed by atoms with Gasteiger partial charge in [-0.15, -0.1) is 0 Å². The molecule has 0 saturated carbocycles. The van der Waals surface area contributed by atoms with Gasteiger partial charge in [0.15, 0.2) is 5.58 Å². The Balaban J connectivity index is 1.17. The number of anilines is 3. The molecule has 2 heterocycles. The molecule has 0 aliphatic heterocycles. The molecule has 230 valence electrons. The van der Waals surface area contributed by atoms with Crippen molar-refractivity contribution in [3.63, 3.8) is 0 Å². The number of fused-ring (bicyclic) bond motifs is 8. The second-order valence-electron chi connectivity index (χ2n) is 12.4. The summed E-state index contributed by atoms with van der Waals surface area (Å²) in [7, 11) is 0. The van der Waals surface area contributed by atoms with Gasteiger partial charge in [-0.25, -0.2) is 4.98 Å². The summed E-state index contributed by atoms with van der Waals surface area (Å²) in [6.45, 7) is 0. The van der Waals surface area contributed by atoms with Crippen molar-refractivity contribution in [2.75, 3.05) is 4.90 Å². The van der Waals surface area contributed by atoms with Crippen LogP contribution in [0.3, 0.4) is 0 Å². The minimum absolute atomic E-state index is 0.595. The molecule has 10 rings (SSSR count). The zero-order valence-corrected chi connectivity index (χ0v) is 26.4. The van der Waals surface area contributed by atoms with Gasteiger partial charge in [0.1, 0.15) is 16.7 Å². The van der Waals surface area contributed by atoms with Gasteiger partial charge in [0.2, 0.25) is 5.89 Å². The largest absolute Gasteiger partial charge is 0.456 e. The van der Waals surface area contributed by atoms with E-state index in [1.54, 1.807) is 0 Å². The van der Waals surface area contributed by atoms with Gasteiger partial charge in [-0.05, 0) is 99.4 Å². The molecule has 0 aliphatic rings. The van der Waals surface area contributed by atoms with E-state index < -0.39 is 0 Å². The quantitative estimate of drug-likeness (QED) is 0.178. The van der Waals surface area contributed by atoms with E-state index >= 15 is 0 Å². The highest BCUT2D eigenvalue weighted by molar-refractivity contribution is 6.17. The van der Waals surface area contributed by atoms with Crippen molar-refractivity contribution in [2.45, 2.75) is 0 Å². The van der Waals surface area contributed by atoms with E-state index in [-0.39, 0.29) is 0 Å². The lowest BCUT2D eigenvalue weighted by molar-refractivity contribution is 0.619. The molecular weight excluding hydrogens is 601 g/mol. The van der Waals surface area contributed by atoms with E-state index in [1.807, 2.05) is 48.5 Å². The van der Waals surface area contributed by atoms with E-state index in [0.717, 1.165) is 55.7 Å². The molecule has 8 aromatic carbocycles. The molecule has 0 bridgehead atoms. The third-order valence-corrected chi connectivity index (χ3v) is 9.47. The standard InChI is InChI=1S/C45H28N2O2/c1-3-9-29(10-4-1)30-17-19-34(20-18-30)47(35-21-23-38-33(27-35)16-15-31-11-7-8-14-37(31)38)36-22-24-40-39(28-36)43-41(48-40)25-26-42-44(43)46-45(49-42)32-12-5-2-6-13-32/h1-28H. The molecule has 49 heavy (non-hydrogen) atoms. The van der Waals surface area contributed by atoms with Gasteiger partial charge in [0.05, 0.1) is 5.39 Å². The summed E-state index contributed by atoms with van der Waals surface area (Å²) in [4.78, 5) is 7.30. The van der Waals surface area contributed by atoms with Gasteiger partial charge in [-0.2, -0.15) is 0 Å². The number of hydrogen-bond donors (Lipinski definition) is 0. The summed E-state index contributed by atoms with van der Waals surface area (Å²) in [5, 5.41) is 6.86. The molecule has 2 aromatic heterocycles. The highest BCUT2D eigenvalue weighted by atomic mass is 16.4. The number of hydrogen-bond acceptors (Lipinski definition) is 4. The van der Waals surface area contributed by atoms with Crippen molar-refractivity contribution in [3.05, 3.63) is 170 Å². The van der Waals surface area contributed by atoms with E-state index in [9.17, 15) is 0 Å². The van der Waals surface area contributed by atoms with Crippen molar-refractivity contribution in [1.82, 2.24) is 4.98 Å². The SMILES string of the molecule is c1ccc(-c2ccc(N(c3ccc4c(ccc5ccccc54)c3)c3ccc4oc5ccc6oc(-c7ccccc7)nc6c5c4c3)cc2)cc1. The summed E-state index contributed by atoms with van der Waals surface area (Å²) in [6.07, 6.45) is 0. The van der Waals surface area contributed by atoms with Crippen LogP contribution in [0.4, 0.5) is 17.1 Å². The summed E-state index contributed by atoms with van der Waals surface area (Å²) < 4.78 is 12.6. The van der Waals surface area contributed by atoms with Crippen LogP contribution in [-0.2, 0) is 0 Å². The maximum Gasteiger partial charge on any atom is 0.227 e. The number of rotatable bonds is 5. The van der Waals surface area contributed by atoms with Crippen LogP contribution in [0, 0.1) is 0 Å². The average Bonchev–Trinajstić information content (AvgIpc) is 3.77. The van der Waals surface area contributed by atoms with Crippen LogP contribution in [0.1, 0.15) is 0 Å². The first-order valence-electron chi connectivity index (χ1n) is 16.5. The van der Waals surface area contributed by atoms with Gasteiger partial charge >= 0.3 is 0 Å². The smallest absolute Gasteiger partial charge is 0.227 e. The molecular formula is C45H28N2O2. The van der Waals surface area contributed by atoms with Crippen LogP contribution in [0.25, 0.3) is 77.2 Å². The first-order chi connectivity index (χ1) is 24.3. The topological polar surface area (TPSA) is 42.4 Å². The summed E-state index contributed by atoms with van der Waals surface area (Å²) in [6, 6.07) is 59.4. The van der Waals surface area contributed by atoms with Gasteiger partial charge in [0.25, 0.3) is 0 Å². The Morgan fingerprint density at radius 1 is 0.388 bits per heavy atom. The first-order valence-corrected chi connectivity index (χ1v) is 16.5. The Morgan fingerprint density at radius 2 is 1.00 bits per heavy atom. The molecule has 0 spiro atoms. The normalized spacial score (nSPS) is 11.7. The van der Waals surface area contributed by atoms with E-state index in [4.69, 9.17) is 13.8 Å². The fraction of sp³-hybridized carbons (Fsp3) is 0. The molecule has 4 nitrogen and oxygen atoms in total. The number of aromatic nitrogens is 1. The highest BCUT2D eigenvalue weighted by Crippen LogP contribution is 2.42. The molecule has 0 radical (unpaired) electrons. The van der Waals surface area contributed by atoms with E-state index in [0.29, 0.717) is 5.89 Å². The maximum atomic E-state index is 6.38. The molecule has 10 aromatic rings. The van der Waals surface area contributed by atoms with Crippen molar-refractivity contribution in [1.29, 1.82) is 0 Å². The number of nitrogens with zero attached hydrogens (tertiary/aromatic N) is 2. The Labute approximate surface area is 282 Å². The van der Waals surface area contributed by atoms with Crippen molar-refractivity contribution in [2.24, 2.45) is 0 Å². The lowest BCUT2D eigenvalue weighted by Gasteiger charge is -2.26.